The van der Waals surface area contributed by atoms with Gasteiger partial charge in [-0.2, -0.15) is 0 Å². The van der Waals surface area contributed by atoms with Gasteiger partial charge < -0.3 is 23.3 Å². The third-order valence-electron chi connectivity index (χ3n) is 4.93. The Morgan fingerprint density at radius 3 is 1.86 bits per heavy atom. The van der Waals surface area contributed by atoms with E-state index in [9.17, 15) is 14.2 Å². The molecule has 1 heterocycles. The SMILES string of the molecule is CC(C)OP(=O)(OC(C)C)[C@@H]1O[C@H](COC(=O)c2ccccc2)[C@@H](OC(=O)c2ccccc2)[C@@H]1F. The largest absolute Gasteiger partial charge is 0.459 e. The molecule has 0 unspecified atom stereocenters. The quantitative estimate of drug-likeness (QED) is 0.320. The molecule has 0 saturated carbocycles. The molecule has 1 fully saturated rings. The number of halogens is 1. The Balaban J connectivity index is 1.84. The fourth-order valence-corrected chi connectivity index (χ4v) is 5.83. The van der Waals surface area contributed by atoms with Crippen LogP contribution in [0.1, 0.15) is 48.4 Å². The zero-order valence-electron chi connectivity index (χ0n) is 20.0. The van der Waals surface area contributed by atoms with Gasteiger partial charge in [0.1, 0.15) is 12.7 Å². The molecule has 2 aromatic rings. The molecule has 35 heavy (non-hydrogen) atoms. The van der Waals surface area contributed by atoms with Crippen LogP contribution in [-0.4, -0.2) is 55.0 Å². The van der Waals surface area contributed by atoms with Crippen LogP contribution in [-0.2, 0) is 27.8 Å². The number of esters is 2. The number of benzene rings is 2. The van der Waals surface area contributed by atoms with E-state index in [0.29, 0.717) is 0 Å². The van der Waals surface area contributed by atoms with Crippen LogP contribution in [0.3, 0.4) is 0 Å². The fourth-order valence-electron chi connectivity index (χ4n) is 3.54. The summed E-state index contributed by atoms with van der Waals surface area (Å²) in [4.78, 5) is 25.1. The summed E-state index contributed by atoms with van der Waals surface area (Å²) in [6.45, 7) is 6.07. The van der Waals surface area contributed by atoms with E-state index in [1.807, 2.05) is 0 Å². The first kappa shape index (κ1) is 27.0. The predicted octanol–water partition coefficient (Wildman–Crippen LogP) is 5.18. The highest BCUT2D eigenvalue weighted by atomic mass is 31.2. The van der Waals surface area contributed by atoms with Gasteiger partial charge in [0, 0.05) is 0 Å². The van der Waals surface area contributed by atoms with E-state index in [4.69, 9.17) is 23.3 Å². The number of carbonyl (C=O) groups is 2. The normalized spacial score (nSPS) is 22.4. The Kier molecular flexibility index (Phi) is 9.19. The smallest absolute Gasteiger partial charge is 0.362 e. The number of alkyl halides is 1. The van der Waals surface area contributed by atoms with Gasteiger partial charge >= 0.3 is 19.5 Å². The Bertz CT molecular complexity index is 1020. The average Bonchev–Trinajstić information content (AvgIpc) is 3.13. The molecule has 0 aromatic heterocycles. The van der Waals surface area contributed by atoms with Gasteiger partial charge in [-0.05, 0) is 52.0 Å². The van der Waals surface area contributed by atoms with Gasteiger partial charge in [0.15, 0.2) is 18.1 Å². The second-order valence-corrected chi connectivity index (χ2v) is 10.6. The van der Waals surface area contributed by atoms with Crippen molar-refractivity contribution in [2.45, 2.75) is 64.1 Å². The van der Waals surface area contributed by atoms with Crippen molar-refractivity contribution in [1.82, 2.24) is 0 Å². The van der Waals surface area contributed by atoms with Gasteiger partial charge in [-0.15, -0.1) is 0 Å². The fraction of sp³-hybridized carbons (Fsp3) is 0.440. The predicted molar refractivity (Wildman–Crippen MR) is 126 cm³/mol. The van der Waals surface area contributed by atoms with E-state index >= 15 is 4.39 Å². The Morgan fingerprint density at radius 1 is 0.886 bits per heavy atom. The first-order valence-electron chi connectivity index (χ1n) is 11.3. The number of rotatable bonds is 10. The summed E-state index contributed by atoms with van der Waals surface area (Å²) >= 11 is 0. The molecular weight excluding hydrogens is 478 g/mol. The monoisotopic (exact) mass is 508 g/mol. The van der Waals surface area contributed by atoms with Gasteiger partial charge in [0.2, 0.25) is 0 Å². The molecular formula is C25H30FO8P. The van der Waals surface area contributed by atoms with Crippen molar-refractivity contribution >= 4 is 19.5 Å². The van der Waals surface area contributed by atoms with Crippen LogP contribution < -0.4 is 0 Å². The van der Waals surface area contributed by atoms with Gasteiger partial charge in [-0.3, -0.25) is 4.57 Å². The Morgan fingerprint density at radius 2 is 1.37 bits per heavy atom. The van der Waals surface area contributed by atoms with Crippen LogP contribution in [0.25, 0.3) is 0 Å². The minimum atomic E-state index is -4.16. The highest BCUT2D eigenvalue weighted by molar-refractivity contribution is 7.54. The molecule has 1 aliphatic rings. The molecule has 3 rings (SSSR count). The van der Waals surface area contributed by atoms with Gasteiger partial charge in [-0.25, -0.2) is 14.0 Å². The van der Waals surface area contributed by atoms with E-state index in [-0.39, 0.29) is 11.1 Å². The minimum absolute atomic E-state index is 0.197. The topological polar surface area (TPSA) is 97.4 Å². The molecule has 8 nitrogen and oxygen atoms in total. The van der Waals surface area contributed by atoms with Crippen molar-refractivity contribution in [1.29, 1.82) is 0 Å². The second kappa shape index (κ2) is 11.9. The average molecular weight is 508 g/mol. The third kappa shape index (κ3) is 6.98. The number of hydrogen-bond donors (Lipinski definition) is 0. The molecule has 0 aliphatic carbocycles. The van der Waals surface area contributed by atoms with Crippen molar-refractivity contribution in [2.24, 2.45) is 0 Å². The maximum atomic E-state index is 15.7. The number of carbonyl (C=O) groups excluding carboxylic acids is 2. The molecule has 0 N–H and O–H groups in total. The van der Waals surface area contributed by atoms with Crippen LogP contribution in [0.4, 0.5) is 4.39 Å². The third-order valence-corrected chi connectivity index (χ3v) is 7.40. The van der Waals surface area contributed by atoms with E-state index < -0.39 is 62.6 Å². The lowest BCUT2D eigenvalue weighted by Crippen LogP contribution is -2.37. The van der Waals surface area contributed by atoms with Crippen molar-refractivity contribution in [3.8, 4) is 0 Å². The van der Waals surface area contributed by atoms with Crippen LogP contribution in [0.15, 0.2) is 60.7 Å². The molecule has 4 atom stereocenters. The first-order valence-corrected chi connectivity index (χ1v) is 13.0. The summed E-state index contributed by atoms with van der Waals surface area (Å²) in [6.07, 6.45) is -5.94. The molecule has 1 saturated heterocycles. The zero-order valence-corrected chi connectivity index (χ0v) is 20.9. The van der Waals surface area contributed by atoms with E-state index in [2.05, 4.69) is 0 Å². The molecule has 1 aliphatic heterocycles. The summed E-state index contributed by atoms with van der Waals surface area (Å²) in [5.41, 5.74) is 0.483. The highest BCUT2D eigenvalue weighted by Gasteiger charge is 2.57. The highest BCUT2D eigenvalue weighted by Crippen LogP contribution is 2.60. The van der Waals surface area contributed by atoms with Gasteiger partial charge in [0.25, 0.3) is 0 Å². The number of hydrogen-bond acceptors (Lipinski definition) is 8. The molecule has 0 bridgehead atoms. The summed E-state index contributed by atoms with van der Waals surface area (Å²) in [5.74, 6) is -3.14. The maximum absolute atomic E-state index is 15.7. The molecule has 10 heteroatoms. The molecule has 0 spiro atoms. The summed E-state index contributed by atoms with van der Waals surface area (Å²) in [5, 5.41) is 0. The summed E-state index contributed by atoms with van der Waals surface area (Å²) < 4.78 is 56.8. The summed E-state index contributed by atoms with van der Waals surface area (Å²) in [7, 11) is -4.16. The van der Waals surface area contributed by atoms with Crippen LogP contribution in [0.2, 0.25) is 0 Å². The first-order chi connectivity index (χ1) is 16.6. The standard InChI is InChI=1S/C25H30FO8P/c1-16(2)33-35(29,34-17(3)4)25-21(26)22(32-24(28)19-13-9-6-10-14-19)20(31-25)15-30-23(27)18-11-7-5-8-12-18/h5-14,16-17,20-22,25H,15H2,1-4H3/t20-,21+,22-,25+/m1/s1. The van der Waals surface area contributed by atoms with Crippen molar-refractivity contribution in [3.05, 3.63) is 71.8 Å². The minimum Gasteiger partial charge on any atom is -0.459 e. The summed E-state index contributed by atoms with van der Waals surface area (Å²) in [6, 6.07) is 16.2. The zero-order chi connectivity index (χ0) is 25.6. The molecule has 2 aromatic carbocycles. The van der Waals surface area contributed by atoms with E-state index in [0.717, 1.165) is 0 Å². The van der Waals surface area contributed by atoms with Crippen LogP contribution in [0, 0.1) is 0 Å². The van der Waals surface area contributed by atoms with Crippen molar-refractivity contribution in [3.63, 3.8) is 0 Å². The van der Waals surface area contributed by atoms with Crippen molar-refractivity contribution < 1.29 is 41.8 Å². The number of ether oxygens (including phenoxy) is 3. The lowest BCUT2D eigenvalue weighted by Gasteiger charge is -2.28. The lowest BCUT2D eigenvalue weighted by atomic mass is 10.1. The van der Waals surface area contributed by atoms with Crippen LogP contribution in [0.5, 0.6) is 0 Å². The Hall–Kier alpha value is -2.58. The van der Waals surface area contributed by atoms with Crippen LogP contribution >= 0.6 is 7.60 Å². The van der Waals surface area contributed by atoms with Gasteiger partial charge in [0.05, 0.1) is 23.3 Å². The van der Waals surface area contributed by atoms with E-state index in [1.165, 1.54) is 12.1 Å². The molecule has 0 radical (unpaired) electrons. The molecule has 190 valence electrons. The van der Waals surface area contributed by atoms with Gasteiger partial charge in [-0.1, -0.05) is 36.4 Å². The molecule has 0 amide bonds. The van der Waals surface area contributed by atoms with E-state index in [1.54, 1.807) is 76.2 Å². The Labute approximate surface area is 204 Å². The lowest BCUT2D eigenvalue weighted by molar-refractivity contribution is -0.0381. The second-order valence-electron chi connectivity index (χ2n) is 8.56. The maximum Gasteiger partial charge on any atom is 0.362 e. The van der Waals surface area contributed by atoms with Crippen molar-refractivity contribution in [2.75, 3.05) is 6.61 Å².